The molecule has 1 aliphatic heterocycles. The first-order valence-electron chi connectivity index (χ1n) is 8.40. The van der Waals surface area contributed by atoms with Crippen molar-refractivity contribution in [3.63, 3.8) is 0 Å². The molecule has 1 fully saturated rings. The SMILES string of the molecule is CS(=O)(=O)c1ccc(CC(=O)N2CCC(c3ccncc3)CC2)cc1. The lowest BCUT2D eigenvalue weighted by Gasteiger charge is -2.32. The minimum Gasteiger partial charge on any atom is -0.342 e. The van der Waals surface area contributed by atoms with E-state index in [1.165, 1.54) is 11.8 Å². The average Bonchev–Trinajstić information content (AvgIpc) is 2.62. The Morgan fingerprint density at radius 3 is 2.24 bits per heavy atom. The molecule has 1 saturated heterocycles. The number of hydrogen-bond acceptors (Lipinski definition) is 4. The molecule has 2 heterocycles. The number of rotatable bonds is 4. The lowest BCUT2D eigenvalue weighted by molar-refractivity contribution is -0.131. The number of nitrogens with zero attached hydrogens (tertiary/aromatic N) is 2. The fraction of sp³-hybridized carbons (Fsp3) is 0.368. The molecule has 5 nitrogen and oxygen atoms in total. The molecule has 2 aromatic rings. The van der Waals surface area contributed by atoms with Crippen LogP contribution in [0.1, 0.15) is 29.9 Å². The van der Waals surface area contributed by atoms with Gasteiger partial charge in [0.25, 0.3) is 0 Å². The van der Waals surface area contributed by atoms with Crippen LogP contribution in [0.15, 0.2) is 53.7 Å². The quantitative estimate of drug-likeness (QED) is 0.842. The van der Waals surface area contributed by atoms with Gasteiger partial charge in [-0.3, -0.25) is 9.78 Å². The van der Waals surface area contributed by atoms with Gasteiger partial charge >= 0.3 is 0 Å². The molecule has 0 saturated carbocycles. The maximum atomic E-state index is 12.5. The Bertz CT molecular complexity index is 825. The Balaban J connectivity index is 1.56. The first kappa shape index (κ1) is 17.6. The molecule has 1 aromatic heterocycles. The maximum Gasteiger partial charge on any atom is 0.226 e. The summed E-state index contributed by atoms with van der Waals surface area (Å²) in [6, 6.07) is 10.7. The highest BCUT2D eigenvalue weighted by Crippen LogP contribution is 2.27. The molecule has 6 heteroatoms. The molecule has 3 rings (SSSR count). The van der Waals surface area contributed by atoms with Gasteiger partial charge in [-0.25, -0.2) is 8.42 Å². The van der Waals surface area contributed by atoms with Crippen LogP contribution in [-0.4, -0.2) is 43.6 Å². The summed E-state index contributed by atoms with van der Waals surface area (Å²) in [5.41, 5.74) is 2.13. The number of pyridine rings is 1. The largest absolute Gasteiger partial charge is 0.342 e. The minimum absolute atomic E-state index is 0.0975. The van der Waals surface area contributed by atoms with Gasteiger partial charge in [-0.15, -0.1) is 0 Å². The van der Waals surface area contributed by atoms with E-state index in [0.29, 0.717) is 12.3 Å². The molecule has 0 N–H and O–H groups in total. The number of sulfone groups is 1. The van der Waals surface area contributed by atoms with Crippen LogP contribution in [0.4, 0.5) is 0 Å². The van der Waals surface area contributed by atoms with Crippen molar-refractivity contribution in [2.75, 3.05) is 19.3 Å². The van der Waals surface area contributed by atoms with Crippen molar-refractivity contribution in [2.45, 2.75) is 30.1 Å². The number of carbonyl (C=O) groups is 1. The van der Waals surface area contributed by atoms with Gasteiger partial charge in [0.1, 0.15) is 0 Å². The van der Waals surface area contributed by atoms with Gasteiger partial charge in [0.2, 0.25) is 5.91 Å². The standard InChI is InChI=1S/C19H22N2O3S/c1-25(23,24)18-4-2-15(3-5-18)14-19(22)21-12-8-17(9-13-21)16-6-10-20-11-7-16/h2-7,10-11,17H,8-9,12-14H2,1H3. The van der Waals surface area contributed by atoms with Crippen molar-refractivity contribution in [1.82, 2.24) is 9.88 Å². The Labute approximate surface area is 148 Å². The summed E-state index contributed by atoms with van der Waals surface area (Å²) in [7, 11) is -3.20. The molecule has 0 radical (unpaired) electrons. The van der Waals surface area contributed by atoms with Crippen LogP contribution >= 0.6 is 0 Å². The van der Waals surface area contributed by atoms with Gasteiger partial charge in [0.05, 0.1) is 11.3 Å². The first-order chi connectivity index (χ1) is 11.9. The van der Waals surface area contributed by atoms with E-state index in [1.807, 2.05) is 29.4 Å². The molecule has 1 aromatic carbocycles. The van der Waals surface area contributed by atoms with Crippen LogP contribution in [-0.2, 0) is 21.1 Å². The zero-order chi connectivity index (χ0) is 17.9. The Morgan fingerprint density at radius 1 is 1.08 bits per heavy atom. The molecule has 0 aliphatic carbocycles. The maximum absolute atomic E-state index is 12.5. The molecule has 0 unspecified atom stereocenters. The van der Waals surface area contributed by atoms with Crippen LogP contribution in [0.25, 0.3) is 0 Å². The predicted molar refractivity (Wildman–Crippen MR) is 96.0 cm³/mol. The zero-order valence-electron chi connectivity index (χ0n) is 14.3. The summed E-state index contributed by atoms with van der Waals surface area (Å²) in [6.07, 6.45) is 7.04. The summed E-state index contributed by atoms with van der Waals surface area (Å²) in [5.74, 6) is 0.585. The van der Waals surface area contributed by atoms with Crippen molar-refractivity contribution in [3.05, 3.63) is 59.9 Å². The monoisotopic (exact) mass is 358 g/mol. The van der Waals surface area contributed by atoms with Gasteiger partial charge in [0, 0.05) is 31.7 Å². The number of carbonyl (C=O) groups excluding carboxylic acids is 1. The second-order valence-electron chi connectivity index (χ2n) is 6.53. The third kappa shape index (κ3) is 4.45. The van der Waals surface area contributed by atoms with E-state index in [1.54, 1.807) is 24.3 Å². The molecule has 1 aliphatic rings. The highest BCUT2D eigenvalue weighted by molar-refractivity contribution is 7.90. The molecule has 25 heavy (non-hydrogen) atoms. The number of likely N-dealkylation sites (tertiary alicyclic amines) is 1. The van der Waals surface area contributed by atoms with E-state index in [2.05, 4.69) is 4.98 Å². The Kier molecular flexibility index (Phi) is 5.18. The van der Waals surface area contributed by atoms with Crippen molar-refractivity contribution in [1.29, 1.82) is 0 Å². The second kappa shape index (κ2) is 7.35. The number of amides is 1. The Morgan fingerprint density at radius 2 is 1.68 bits per heavy atom. The summed E-state index contributed by atoms with van der Waals surface area (Å²) in [6.45, 7) is 1.51. The normalized spacial score (nSPS) is 16.0. The first-order valence-corrected chi connectivity index (χ1v) is 10.3. The summed E-state index contributed by atoms with van der Waals surface area (Å²) < 4.78 is 23.0. The molecule has 0 atom stereocenters. The van der Waals surface area contributed by atoms with Gasteiger partial charge in [-0.05, 0) is 54.2 Å². The van der Waals surface area contributed by atoms with Gasteiger partial charge in [0.15, 0.2) is 9.84 Å². The summed E-state index contributed by atoms with van der Waals surface area (Å²) in [5, 5.41) is 0. The molecular weight excluding hydrogens is 336 g/mol. The van der Waals surface area contributed by atoms with Crippen LogP contribution in [0, 0.1) is 0 Å². The van der Waals surface area contributed by atoms with E-state index < -0.39 is 9.84 Å². The summed E-state index contributed by atoms with van der Waals surface area (Å²) in [4.78, 5) is 18.7. The fourth-order valence-corrected chi connectivity index (χ4v) is 3.87. The summed E-state index contributed by atoms with van der Waals surface area (Å²) >= 11 is 0. The van der Waals surface area contributed by atoms with Crippen molar-refractivity contribution < 1.29 is 13.2 Å². The van der Waals surface area contributed by atoms with Crippen molar-refractivity contribution in [2.24, 2.45) is 0 Å². The van der Waals surface area contributed by atoms with E-state index in [-0.39, 0.29) is 10.8 Å². The topological polar surface area (TPSA) is 67.3 Å². The van der Waals surface area contributed by atoms with E-state index in [0.717, 1.165) is 31.5 Å². The Hall–Kier alpha value is -2.21. The molecule has 1 amide bonds. The fourth-order valence-electron chi connectivity index (χ4n) is 3.24. The highest BCUT2D eigenvalue weighted by atomic mass is 32.2. The van der Waals surface area contributed by atoms with Gasteiger partial charge < -0.3 is 4.90 Å². The average molecular weight is 358 g/mol. The molecule has 0 bridgehead atoms. The van der Waals surface area contributed by atoms with E-state index >= 15 is 0 Å². The van der Waals surface area contributed by atoms with Gasteiger partial charge in [-0.1, -0.05) is 12.1 Å². The third-order valence-electron chi connectivity index (χ3n) is 4.73. The van der Waals surface area contributed by atoms with E-state index in [9.17, 15) is 13.2 Å². The minimum atomic E-state index is -3.20. The number of benzene rings is 1. The van der Waals surface area contributed by atoms with Crippen molar-refractivity contribution in [3.8, 4) is 0 Å². The van der Waals surface area contributed by atoms with Crippen LogP contribution < -0.4 is 0 Å². The number of hydrogen-bond donors (Lipinski definition) is 0. The molecule has 132 valence electrons. The van der Waals surface area contributed by atoms with E-state index in [4.69, 9.17) is 0 Å². The van der Waals surface area contributed by atoms with Crippen LogP contribution in [0.5, 0.6) is 0 Å². The second-order valence-corrected chi connectivity index (χ2v) is 8.54. The third-order valence-corrected chi connectivity index (χ3v) is 5.86. The van der Waals surface area contributed by atoms with Crippen LogP contribution in [0.2, 0.25) is 0 Å². The van der Waals surface area contributed by atoms with Crippen molar-refractivity contribution >= 4 is 15.7 Å². The number of aromatic nitrogens is 1. The molecular formula is C19H22N2O3S. The van der Waals surface area contributed by atoms with Crippen LogP contribution in [0.3, 0.4) is 0 Å². The lowest BCUT2D eigenvalue weighted by Crippen LogP contribution is -2.38. The molecule has 0 spiro atoms. The zero-order valence-corrected chi connectivity index (χ0v) is 15.1. The predicted octanol–water partition coefficient (Wildman–Crippen LogP) is 2.43. The lowest BCUT2D eigenvalue weighted by atomic mass is 9.90. The smallest absolute Gasteiger partial charge is 0.226 e. The highest BCUT2D eigenvalue weighted by Gasteiger charge is 2.23. The van der Waals surface area contributed by atoms with Gasteiger partial charge in [-0.2, -0.15) is 0 Å². The number of piperidine rings is 1.